The average Bonchev–Trinajstić information content (AvgIpc) is 2.48. The van der Waals surface area contributed by atoms with Crippen LogP contribution in [0.5, 0.6) is 0 Å². The van der Waals surface area contributed by atoms with E-state index in [0.717, 1.165) is 44.8 Å². The van der Waals surface area contributed by atoms with Crippen molar-refractivity contribution in [3.63, 3.8) is 0 Å². The molecular weight excluding hydrogens is 254 g/mol. The Labute approximate surface area is 120 Å². The maximum Gasteiger partial charge on any atom is 0.161 e. The van der Waals surface area contributed by atoms with Gasteiger partial charge in [-0.15, -0.1) is 0 Å². The summed E-state index contributed by atoms with van der Waals surface area (Å²) in [6, 6.07) is 3.63. The van der Waals surface area contributed by atoms with Gasteiger partial charge in [-0.05, 0) is 44.4 Å². The molecule has 1 unspecified atom stereocenters. The summed E-state index contributed by atoms with van der Waals surface area (Å²) in [5, 5.41) is 12.5. The molecule has 0 aliphatic carbocycles. The molecule has 0 radical (unpaired) electrons. The lowest BCUT2D eigenvalue weighted by atomic mass is 9.99. The highest BCUT2D eigenvalue weighted by atomic mass is 16.3. The van der Waals surface area contributed by atoms with Gasteiger partial charge in [0.15, 0.2) is 5.78 Å². The summed E-state index contributed by atoms with van der Waals surface area (Å²) < 4.78 is 0. The first-order valence-corrected chi connectivity index (χ1v) is 7.23. The van der Waals surface area contributed by atoms with Gasteiger partial charge in [0.25, 0.3) is 0 Å². The molecule has 2 rings (SSSR count). The molecule has 5 heteroatoms. The van der Waals surface area contributed by atoms with Gasteiger partial charge in [0.2, 0.25) is 0 Å². The fourth-order valence-corrected chi connectivity index (χ4v) is 2.55. The number of aliphatic hydroxyl groups excluding tert-OH is 1. The molecular formula is C15H23N3O2. The van der Waals surface area contributed by atoms with E-state index >= 15 is 0 Å². The topological polar surface area (TPSA) is 65.5 Å². The molecule has 110 valence electrons. The van der Waals surface area contributed by atoms with Crippen molar-refractivity contribution in [2.24, 2.45) is 5.92 Å². The number of hydrogen-bond donors (Lipinski definition) is 2. The van der Waals surface area contributed by atoms with Gasteiger partial charge in [-0.3, -0.25) is 4.79 Å². The van der Waals surface area contributed by atoms with Crippen molar-refractivity contribution < 1.29 is 9.90 Å². The fraction of sp³-hybridized carbons (Fsp3) is 0.600. The van der Waals surface area contributed by atoms with Crippen LogP contribution in [0.25, 0.3) is 0 Å². The Morgan fingerprint density at radius 2 is 2.40 bits per heavy atom. The van der Waals surface area contributed by atoms with E-state index in [0.29, 0.717) is 11.5 Å². The third kappa shape index (κ3) is 4.28. The second-order valence-corrected chi connectivity index (χ2v) is 5.41. The van der Waals surface area contributed by atoms with Gasteiger partial charge in [0.05, 0.1) is 0 Å². The number of pyridine rings is 1. The van der Waals surface area contributed by atoms with Crippen LogP contribution >= 0.6 is 0 Å². The smallest absolute Gasteiger partial charge is 0.161 e. The van der Waals surface area contributed by atoms with Crippen LogP contribution in [0.4, 0.5) is 5.82 Å². The minimum atomic E-state index is 0.0346. The molecule has 1 atom stereocenters. The number of rotatable bonds is 6. The largest absolute Gasteiger partial charge is 0.396 e. The first-order chi connectivity index (χ1) is 9.69. The summed E-state index contributed by atoms with van der Waals surface area (Å²) in [5.74, 6) is 1.26. The second kappa shape index (κ2) is 7.36. The zero-order valence-corrected chi connectivity index (χ0v) is 12.0. The number of aliphatic hydroxyl groups is 1. The monoisotopic (exact) mass is 277 g/mol. The highest BCUT2D eigenvalue weighted by Gasteiger charge is 2.18. The molecule has 0 saturated carbocycles. The van der Waals surface area contributed by atoms with E-state index in [1.54, 1.807) is 12.3 Å². The highest BCUT2D eigenvalue weighted by Crippen LogP contribution is 2.15. The van der Waals surface area contributed by atoms with Crippen LogP contribution in [0.1, 0.15) is 30.1 Å². The molecule has 0 amide bonds. The molecule has 1 aliphatic rings. The molecule has 20 heavy (non-hydrogen) atoms. The van der Waals surface area contributed by atoms with Gasteiger partial charge in [0.1, 0.15) is 5.82 Å². The maximum absolute atomic E-state index is 11.1. The van der Waals surface area contributed by atoms with Crippen LogP contribution in [-0.2, 0) is 0 Å². The number of carbonyl (C=O) groups excluding carboxylic acids is 1. The SMILES string of the molecule is CC(=O)c1ccc(NCCN2CCCC(CO)C2)nc1. The van der Waals surface area contributed by atoms with E-state index in [1.165, 1.54) is 6.92 Å². The van der Waals surface area contributed by atoms with Gasteiger partial charge in [-0.2, -0.15) is 0 Å². The summed E-state index contributed by atoms with van der Waals surface area (Å²) in [5.41, 5.74) is 0.636. The van der Waals surface area contributed by atoms with Crippen molar-refractivity contribution in [2.75, 3.05) is 38.1 Å². The van der Waals surface area contributed by atoms with Crippen molar-refractivity contribution in [1.82, 2.24) is 9.88 Å². The number of nitrogens with zero attached hydrogens (tertiary/aromatic N) is 2. The Balaban J connectivity index is 1.74. The van der Waals surface area contributed by atoms with E-state index in [1.807, 2.05) is 6.07 Å². The summed E-state index contributed by atoms with van der Waals surface area (Å²) >= 11 is 0. The van der Waals surface area contributed by atoms with Crippen LogP contribution in [0.3, 0.4) is 0 Å². The number of piperidine rings is 1. The van der Waals surface area contributed by atoms with Gasteiger partial charge in [0, 0.05) is 38.0 Å². The lowest BCUT2D eigenvalue weighted by Crippen LogP contribution is -2.39. The van der Waals surface area contributed by atoms with Crippen LogP contribution in [0.15, 0.2) is 18.3 Å². The van der Waals surface area contributed by atoms with Gasteiger partial charge < -0.3 is 15.3 Å². The van der Waals surface area contributed by atoms with Crippen LogP contribution < -0.4 is 5.32 Å². The predicted octanol–water partition coefficient (Wildman–Crippen LogP) is 1.40. The number of nitrogens with one attached hydrogen (secondary N) is 1. The standard InChI is InChI=1S/C15H23N3O2/c1-12(20)14-4-5-15(17-9-14)16-6-8-18-7-2-3-13(10-18)11-19/h4-5,9,13,19H,2-3,6-8,10-11H2,1H3,(H,16,17). The van der Waals surface area contributed by atoms with E-state index in [2.05, 4.69) is 15.2 Å². The zero-order chi connectivity index (χ0) is 14.4. The first kappa shape index (κ1) is 14.9. The molecule has 5 nitrogen and oxygen atoms in total. The summed E-state index contributed by atoms with van der Waals surface area (Å²) in [6.45, 7) is 5.69. The van der Waals surface area contributed by atoms with Crippen molar-refractivity contribution >= 4 is 11.6 Å². The van der Waals surface area contributed by atoms with Gasteiger partial charge >= 0.3 is 0 Å². The summed E-state index contributed by atoms with van der Waals surface area (Å²) in [6.07, 6.45) is 3.90. The molecule has 1 aliphatic heterocycles. The molecule has 0 spiro atoms. The molecule has 1 fully saturated rings. The minimum absolute atomic E-state index is 0.0346. The van der Waals surface area contributed by atoms with Crippen LogP contribution in [0, 0.1) is 5.92 Å². The highest BCUT2D eigenvalue weighted by molar-refractivity contribution is 5.93. The number of carbonyl (C=O) groups is 1. The Bertz CT molecular complexity index is 433. The third-order valence-corrected chi connectivity index (χ3v) is 3.77. The van der Waals surface area contributed by atoms with Gasteiger partial charge in [-0.25, -0.2) is 4.98 Å². The maximum atomic E-state index is 11.1. The molecule has 0 aromatic carbocycles. The second-order valence-electron chi connectivity index (χ2n) is 5.41. The van der Waals surface area contributed by atoms with Crippen molar-refractivity contribution in [3.05, 3.63) is 23.9 Å². The number of likely N-dealkylation sites (tertiary alicyclic amines) is 1. The lowest BCUT2D eigenvalue weighted by molar-refractivity contribution is 0.101. The summed E-state index contributed by atoms with van der Waals surface area (Å²) in [7, 11) is 0. The Kier molecular flexibility index (Phi) is 5.49. The Hall–Kier alpha value is -1.46. The molecule has 2 N–H and O–H groups in total. The number of Topliss-reactive ketones (excluding diaryl/α,β-unsaturated/α-hetero) is 1. The fourth-order valence-electron chi connectivity index (χ4n) is 2.55. The molecule has 1 aromatic rings. The quantitative estimate of drug-likeness (QED) is 0.770. The zero-order valence-electron chi connectivity index (χ0n) is 12.0. The lowest BCUT2D eigenvalue weighted by Gasteiger charge is -2.31. The molecule has 0 bridgehead atoms. The van der Waals surface area contributed by atoms with E-state index < -0.39 is 0 Å². The average molecular weight is 277 g/mol. The third-order valence-electron chi connectivity index (χ3n) is 3.77. The number of anilines is 1. The molecule has 1 aromatic heterocycles. The van der Waals surface area contributed by atoms with Crippen molar-refractivity contribution in [1.29, 1.82) is 0 Å². The minimum Gasteiger partial charge on any atom is -0.396 e. The van der Waals surface area contributed by atoms with Crippen molar-refractivity contribution in [2.45, 2.75) is 19.8 Å². The molecule has 1 saturated heterocycles. The van der Waals surface area contributed by atoms with E-state index in [4.69, 9.17) is 0 Å². The van der Waals surface area contributed by atoms with Crippen LogP contribution in [-0.4, -0.2) is 53.6 Å². The van der Waals surface area contributed by atoms with E-state index in [-0.39, 0.29) is 12.4 Å². The summed E-state index contributed by atoms with van der Waals surface area (Å²) in [4.78, 5) is 17.7. The predicted molar refractivity (Wildman–Crippen MR) is 79.0 cm³/mol. The number of hydrogen-bond acceptors (Lipinski definition) is 5. The number of aromatic nitrogens is 1. The Morgan fingerprint density at radius 3 is 3.05 bits per heavy atom. The van der Waals surface area contributed by atoms with Crippen LogP contribution in [0.2, 0.25) is 0 Å². The van der Waals surface area contributed by atoms with Crippen molar-refractivity contribution in [3.8, 4) is 0 Å². The normalized spacial score (nSPS) is 19.8. The first-order valence-electron chi connectivity index (χ1n) is 7.23. The molecule has 2 heterocycles. The van der Waals surface area contributed by atoms with E-state index in [9.17, 15) is 9.90 Å². The van der Waals surface area contributed by atoms with Gasteiger partial charge in [-0.1, -0.05) is 0 Å². The number of ketones is 1. The Morgan fingerprint density at radius 1 is 1.55 bits per heavy atom.